The van der Waals surface area contributed by atoms with Crippen molar-refractivity contribution in [2.75, 3.05) is 0 Å². The van der Waals surface area contributed by atoms with Gasteiger partial charge in [-0.05, 0) is 43.9 Å². The highest BCUT2D eigenvalue weighted by Crippen LogP contribution is 2.28. The SMILES string of the molecule is CC(NC(=O)C1CCC(N)C1)(C(N)=O)c1cccc(Cl)c1.Cl. The van der Waals surface area contributed by atoms with Crippen LogP contribution in [0, 0.1) is 5.92 Å². The summed E-state index contributed by atoms with van der Waals surface area (Å²) in [7, 11) is 0. The summed E-state index contributed by atoms with van der Waals surface area (Å²) in [6, 6.07) is 6.82. The molecule has 122 valence electrons. The third-order valence-electron chi connectivity index (χ3n) is 4.11. The number of amides is 2. The first-order valence-electron chi connectivity index (χ1n) is 6.96. The van der Waals surface area contributed by atoms with Crippen LogP contribution in [0.3, 0.4) is 0 Å². The molecule has 1 aromatic rings. The Bertz CT molecular complexity index is 567. The van der Waals surface area contributed by atoms with Crippen LogP contribution >= 0.6 is 24.0 Å². The Hall–Kier alpha value is -1.30. The van der Waals surface area contributed by atoms with E-state index in [1.165, 1.54) is 0 Å². The molecule has 1 aliphatic carbocycles. The number of carbonyl (C=O) groups excluding carboxylic acids is 2. The maximum Gasteiger partial charge on any atom is 0.247 e. The highest BCUT2D eigenvalue weighted by Gasteiger charge is 2.38. The number of hydrogen-bond donors (Lipinski definition) is 3. The molecule has 0 spiro atoms. The van der Waals surface area contributed by atoms with Gasteiger partial charge in [0.05, 0.1) is 0 Å². The number of rotatable bonds is 4. The van der Waals surface area contributed by atoms with Gasteiger partial charge in [0.2, 0.25) is 11.8 Å². The number of halogens is 2. The topological polar surface area (TPSA) is 98.2 Å². The van der Waals surface area contributed by atoms with Crippen LogP contribution < -0.4 is 16.8 Å². The molecule has 5 nitrogen and oxygen atoms in total. The van der Waals surface area contributed by atoms with Gasteiger partial charge in [-0.25, -0.2) is 0 Å². The van der Waals surface area contributed by atoms with E-state index in [4.69, 9.17) is 23.1 Å². The summed E-state index contributed by atoms with van der Waals surface area (Å²) in [5.74, 6) is -0.984. The molecule has 1 aliphatic rings. The molecule has 5 N–H and O–H groups in total. The van der Waals surface area contributed by atoms with Gasteiger partial charge in [0, 0.05) is 17.0 Å². The molecular formula is C15H21Cl2N3O2. The molecule has 0 heterocycles. The summed E-state index contributed by atoms with van der Waals surface area (Å²) >= 11 is 5.96. The van der Waals surface area contributed by atoms with Crippen LogP contribution in [0.2, 0.25) is 5.02 Å². The molecule has 0 saturated heterocycles. The molecule has 1 saturated carbocycles. The fourth-order valence-corrected chi connectivity index (χ4v) is 2.87. The lowest BCUT2D eigenvalue weighted by Crippen LogP contribution is -2.54. The molecule has 0 radical (unpaired) electrons. The summed E-state index contributed by atoms with van der Waals surface area (Å²) in [6.45, 7) is 1.59. The number of benzene rings is 1. The number of carbonyl (C=O) groups is 2. The summed E-state index contributed by atoms with van der Waals surface area (Å²) < 4.78 is 0. The average molecular weight is 346 g/mol. The van der Waals surface area contributed by atoms with E-state index in [9.17, 15) is 9.59 Å². The lowest BCUT2D eigenvalue weighted by molar-refractivity contribution is -0.133. The third kappa shape index (κ3) is 3.91. The van der Waals surface area contributed by atoms with Crippen LogP contribution in [0.15, 0.2) is 24.3 Å². The zero-order chi connectivity index (χ0) is 15.6. The maximum atomic E-state index is 12.4. The number of nitrogens with one attached hydrogen (secondary N) is 1. The minimum Gasteiger partial charge on any atom is -0.367 e. The fourth-order valence-electron chi connectivity index (χ4n) is 2.68. The second kappa shape index (κ2) is 7.31. The van der Waals surface area contributed by atoms with Gasteiger partial charge in [-0.1, -0.05) is 23.7 Å². The Kier molecular flexibility index (Phi) is 6.23. The second-order valence-corrected chi connectivity index (χ2v) is 6.20. The van der Waals surface area contributed by atoms with Crippen molar-refractivity contribution in [1.82, 2.24) is 5.32 Å². The molecule has 1 fully saturated rings. The predicted molar refractivity (Wildman–Crippen MR) is 88.7 cm³/mol. The number of nitrogens with two attached hydrogens (primary N) is 2. The van der Waals surface area contributed by atoms with Gasteiger partial charge in [0.25, 0.3) is 0 Å². The average Bonchev–Trinajstić information content (AvgIpc) is 2.85. The van der Waals surface area contributed by atoms with Crippen LogP contribution in [0.1, 0.15) is 31.7 Å². The highest BCUT2D eigenvalue weighted by atomic mass is 35.5. The smallest absolute Gasteiger partial charge is 0.247 e. The minimum absolute atomic E-state index is 0. The molecule has 0 bridgehead atoms. The van der Waals surface area contributed by atoms with Crippen molar-refractivity contribution < 1.29 is 9.59 Å². The van der Waals surface area contributed by atoms with E-state index < -0.39 is 11.4 Å². The van der Waals surface area contributed by atoms with E-state index >= 15 is 0 Å². The lowest BCUT2D eigenvalue weighted by atomic mass is 9.90. The van der Waals surface area contributed by atoms with Crippen LogP contribution in [-0.2, 0) is 15.1 Å². The highest BCUT2D eigenvalue weighted by molar-refractivity contribution is 6.30. The van der Waals surface area contributed by atoms with Crippen LogP contribution in [0.5, 0.6) is 0 Å². The van der Waals surface area contributed by atoms with Crippen molar-refractivity contribution in [2.45, 2.75) is 37.8 Å². The molecule has 22 heavy (non-hydrogen) atoms. The van der Waals surface area contributed by atoms with Crippen molar-refractivity contribution in [3.05, 3.63) is 34.9 Å². The largest absolute Gasteiger partial charge is 0.367 e. The zero-order valence-corrected chi connectivity index (χ0v) is 13.9. The van der Waals surface area contributed by atoms with Crippen LogP contribution in [-0.4, -0.2) is 17.9 Å². The quantitative estimate of drug-likeness (QED) is 0.774. The lowest BCUT2D eigenvalue weighted by Gasteiger charge is -2.29. The number of hydrogen-bond acceptors (Lipinski definition) is 3. The first-order valence-corrected chi connectivity index (χ1v) is 7.34. The first kappa shape index (κ1) is 18.7. The van der Waals surface area contributed by atoms with Gasteiger partial charge < -0.3 is 16.8 Å². The normalized spacial score (nSPS) is 23.2. The second-order valence-electron chi connectivity index (χ2n) is 5.76. The van der Waals surface area contributed by atoms with E-state index in [-0.39, 0.29) is 30.3 Å². The Labute approximate surface area is 141 Å². The molecule has 2 amide bonds. The molecule has 2 rings (SSSR count). The van der Waals surface area contributed by atoms with Crippen molar-refractivity contribution >= 4 is 35.8 Å². The van der Waals surface area contributed by atoms with Gasteiger partial charge in [0.1, 0.15) is 5.54 Å². The van der Waals surface area contributed by atoms with E-state index in [1.54, 1.807) is 31.2 Å². The predicted octanol–water partition coefficient (Wildman–Crippen LogP) is 1.71. The third-order valence-corrected chi connectivity index (χ3v) is 4.35. The van der Waals surface area contributed by atoms with Crippen LogP contribution in [0.4, 0.5) is 0 Å². The van der Waals surface area contributed by atoms with Crippen molar-refractivity contribution in [2.24, 2.45) is 17.4 Å². The van der Waals surface area contributed by atoms with Gasteiger partial charge in [-0.2, -0.15) is 0 Å². The van der Waals surface area contributed by atoms with Gasteiger partial charge in [-0.15, -0.1) is 12.4 Å². The summed E-state index contributed by atoms with van der Waals surface area (Å²) in [6.07, 6.45) is 2.19. The molecule has 0 aliphatic heterocycles. The van der Waals surface area contributed by atoms with E-state index in [1.807, 2.05) is 0 Å². The van der Waals surface area contributed by atoms with Gasteiger partial charge in [0.15, 0.2) is 0 Å². The fraction of sp³-hybridized carbons (Fsp3) is 0.467. The zero-order valence-electron chi connectivity index (χ0n) is 12.3. The van der Waals surface area contributed by atoms with Crippen LogP contribution in [0.25, 0.3) is 0 Å². The first-order chi connectivity index (χ1) is 9.83. The molecule has 3 atom stereocenters. The monoisotopic (exact) mass is 345 g/mol. The van der Waals surface area contributed by atoms with E-state index in [2.05, 4.69) is 5.32 Å². The van der Waals surface area contributed by atoms with Gasteiger partial charge >= 0.3 is 0 Å². The Morgan fingerprint density at radius 3 is 2.55 bits per heavy atom. The Morgan fingerprint density at radius 2 is 2.05 bits per heavy atom. The Balaban J connectivity index is 0.00000242. The van der Waals surface area contributed by atoms with Gasteiger partial charge in [-0.3, -0.25) is 9.59 Å². The summed E-state index contributed by atoms with van der Waals surface area (Å²) in [4.78, 5) is 24.2. The van der Waals surface area contributed by atoms with Crippen molar-refractivity contribution in [3.63, 3.8) is 0 Å². The minimum atomic E-state index is -1.28. The Morgan fingerprint density at radius 1 is 1.36 bits per heavy atom. The molecular weight excluding hydrogens is 325 g/mol. The molecule has 3 unspecified atom stereocenters. The van der Waals surface area contributed by atoms with E-state index in [0.29, 0.717) is 17.0 Å². The van der Waals surface area contributed by atoms with Crippen molar-refractivity contribution in [3.8, 4) is 0 Å². The number of primary amides is 1. The molecule has 7 heteroatoms. The molecule has 0 aromatic heterocycles. The standard InChI is InChI=1S/C15H20ClN3O2.ClH/c1-15(14(18)21,10-3-2-4-11(16)8-10)19-13(20)9-5-6-12(17)7-9;/h2-4,8-9,12H,5-7,17H2,1H3,(H2,18,21)(H,19,20);1H. The summed E-state index contributed by atoms with van der Waals surface area (Å²) in [5, 5.41) is 3.25. The summed E-state index contributed by atoms with van der Waals surface area (Å²) in [5.41, 5.74) is 10.6. The maximum absolute atomic E-state index is 12.4. The van der Waals surface area contributed by atoms with E-state index in [0.717, 1.165) is 12.8 Å². The molecule has 1 aromatic carbocycles. The van der Waals surface area contributed by atoms with Crippen molar-refractivity contribution in [1.29, 1.82) is 0 Å².